The lowest BCUT2D eigenvalue weighted by Crippen LogP contribution is -2.49. The summed E-state index contributed by atoms with van der Waals surface area (Å²) >= 11 is 0. The Labute approximate surface area is 215 Å². The van der Waals surface area contributed by atoms with E-state index in [0.717, 1.165) is 42.6 Å². The van der Waals surface area contributed by atoms with Gasteiger partial charge in [0.25, 0.3) is 0 Å². The van der Waals surface area contributed by atoms with Gasteiger partial charge in [0.15, 0.2) is 11.5 Å². The highest BCUT2D eigenvalue weighted by molar-refractivity contribution is 5.87. The molecule has 1 saturated carbocycles. The van der Waals surface area contributed by atoms with E-state index in [9.17, 15) is 9.59 Å². The van der Waals surface area contributed by atoms with Crippen LogP contribution in [0.4, 0.5) is 0 Å². The number of carbonyl (C=O) groups excluding carboxylic acids is 2. The number of nitrogens with one attached hydrogen (secondary N) is 1. The number of amides is 2. The molecule has 1 aliphatic rings. The maximum atomic E-state index is 13.5. The number of methoxy groups -OCH3 is 1. The molecule has 1 aliphatic carbocycles. The van der Waals surface area contributed by atoms with Gasteiger partial charge in [-0.2, -0.15) is 0 Å². The number of aryl methyl sites for hydroxylation is 1. The minimum atomic E-state index is -0.580. The first kappa shape index (κ1) is 27.4. The fraction of sp³-hybridized carbons (Fsp3) is 0.517. The lowest BCUT2D eigenvalue weighted by atomic mass is 10.1. The minimum Gasteiger partial charge on any atom is -0.497 e. The predicted octanol–water partition coefficient (Wildman–Crippen LogP) is 4.90. The van der Waals surface area contributed by atoms with E-state index >= 15 is 0 Å². The van der Waals surface area contributed by atoms with E-state index in [1.807, 2.05) is 63.2 Å². The Morgan fingerprint density at radius 3 is 2.42 bits per heavy atom. The first-order valence-electron chi connectivity index (χ1n) is 13.1. The zero-order chi connectivity index (χ0) is 25.9. The zero-order valence-corrected chi connectivity index (χ0v) is 22.0. The number of hydrogen-bond acceptors (Lipinski definition) is 5. The molecule has 0 heterocycles. The third kappa shape index (κ3) is 7.64. The van der Waals surface area contributed by atoms with Gasteiger partial charge in [0, 0.05) is 19.0 Å². The summed E-state index contributed by atoms with van der Waals surface area (Å²) < 4.78 is 16.7. The molecule has 1 N–H and O–H groups in total. The molecule has 3 rings (SSSR count). The Morgan fingerprint density at radius 2 is 1.72 bits per heavy atom. The highest BCUT2D eigenvalue weighted by Crippen LogP contribution is 2.29. The molecule has 7 heteroatoms. The van der Waals surface area contributed by atoms with E-state index in [4.69, 9.17) is 14.2 Å². The van der Waals surface area contributed by atoms with Crippen molar-refractivity contribution < 1.29 is 23.8 Å². The molecule has 196 valence electrons. The van der Waals surface area contributed by atoms with Crippen molar-refractivity contribution >= 4 is 11.8 Å². The normalized spacial score (nSPS) is 14.2. The summed E-state index contributed by atoms with van der Waals surface area (Å²) in [7, 11) is 1.62. The highest BCUT2D eigenvalue weighted by atomic mass is 16.5. The van der Waals surface area contributed by atoms with Gasteiger partial charge in [0.1, 0.15) is 11.8 Å². The van der Waals surface area contributed by atoms with Gasteiger partial charge in [-0.15, -0.1) is 0 Å². The fourth-order valence-corrected chi connectivity index (χ4v) is 4.59. The number of ether oxygens (including phenoxy) is 3. The molecule has 0 bridgehead atoms. The molecule has 2 aromatic carbocycles. The summed E-state index contributed by atoms with van der Waals surface area (Å²) in [6.45, 7) is 7.10. The van der Waals surface area contributed by atoms with Crippen molar-refractivity contribution in [2.75, 3.05) is 20.3 Å². The Hall–Kier alpha value is -3.22. The first-order chi connectivity index (χ1) is 17.4. The maximum Gasteiger partial charge on any atom is 0.242 e. The summed E-state index contributed by atoms with van der Waals surface area (Å²) in [5, 5.41) is 3.15. The van der Waals surface area contributed by atoms with Crippen LogP contribution in [0, 0.1) is 0 Å². The SMILES string of the molecule is CCOc1ccc(CCC(=O)N(Cc2cccc(OC)c2)[C@@H](C)C(=O)NC2CCCC2)cc1OCC. The van der Waals surface area contributed by atoms with Gasteiger partial charge in [0.2, 0.25) is 11.8 Å². The Kier molecular flexibility index (Phi) is 10.5. The van der Waals surface area contributed by atoms with Gasteiger partial charge in [-0.1, -0.05) is 31.0 Å². The van der Waals surface area contributed by atoms with Crippen molar-refractivity contribution in [2.24, 2.45) is 0 Å². The number of benzene rings is 2. The Bertz CT molecular complexity index is 1000. The smallest absolute Gasteiger partial charge is 0.242 e. The molecule has 0 saturated heterocycles. The topological polar surface area (TPSA) is 77.1 Å². The van der Waals surface area contributed by atoms with Crippen molar-refractivity contribution in [3.63, 3.8) is 0 Å². The third-order valence-electron chi connectivity index (χ3n) is 6.59. The van der Waals surface area contributed by atoms with E-state index in [0.29, 0.717) is 37.7 Å². The van der Waals surface area contributed by atoms with Crippen LogP contribution in [0.3, 0.4) is 0 Å². The second-order valence-corrected chi connectivity index (χ2v) is 9.19. The predicted molar refractivity (Wildman–Crippen MR) is 141 cm³/mol. The number of hydrogen-bond donors (Lipinski definition) is 1. The Morgan fingerprint density at radius 1 is 1.00 bits per heavy atom. The number of carbonyl (C=O) groups is 2. The molecule has 7 nitrogen and oxygen atoms in total. The van der Waals surface area contributed by atoms with E-state index in [-0.39, 0.29) is 24.3 Å². The molecule has 0 aliphatic heterocycles. The molecule has 2 amide bonds. The van der Waals surface area contributed by atoms with Crippen LogP contribution in [0.15, 0.2) is 42.5 Å². The second-order valence-electron chi connectivity index (χ2n) is 9.19. The molecular formula is C29H40N2O5. The van der Waals surface area contributed by atoms with Gasteiger partial charge >= 0.3 is 0 Å². The fourth-order valence-electron chi connectivity index (χ4n) is 4.59. The van der Waals surface area contributed by atoms with E-state index in [1.165, 1.54) is 0 Å². The third-order valence-corrected chi connectivity index (χ3v) is 6.59. The van der Waals surface area contributed by atoms with Gasteiger partial charge in [-0.05, 0) is 75.4 Å². The average molecular weight is 497 g/mol. The second kappa shape index (κ2) is 13.8. The van der Waals surface area contributed by atoms with E-state index in [1.54, 1.807) is 12.0 Å². The van der Waals surface area contributed by atoms with Crippen LogP contribution in [-0.4, -0.2) is 49.1 Å². The van der Waals surface area contributed by atoms with Crippen LogP contribution in [0.1, 0.15) is 64.0 Å². The van der Waals surface area contributed by atoms with Crippen molar-refractivity contribution in [3.8, 4) is 17.2 Å². The highest BCUT2D eigenvalue weighted by Gasteiger charge is 2.28. The van der Waals surface area contributed by atoms with Gasteiger partial charge < -0.3 is 24.4 Å². The molecule has 2 aromatic rings. The average Bonchev–Trinajstić information content (AvgIpc) is 3.40. The first-order valence-corrected chi connectivity index (χ1v) is 13.1. The van der Waals surface area contributed by atoms with Crippen LogP contribution in [0.25, 0.3) is 0 Å². The minimum absolute atomic E-state index is 0.0706. The monoisotopic (exact) mass is 496 g/mol. The summed E-state index contributed by atoms with van der Waals surface area (Å²) in [6.07, 6.45) is 5.10. The summed E-state index contributed by atoms with van der Waals surface area (Å²) in [5.74, 6) is 1.94. The molecule has 0 radical (unpaired) electrons. The molecule has 0 spiro atoms. The van der Waals surface area contributed by atoms with Crippen molar-refractivity contribution in [1.82, 2.24) is 10.2 Å². The van der Waals surface area contributed by atoms with Crippen molar-refractivity contribution in [2.45, 2.75) is 77.9 Å². The largest absolute Gasteiger partial charge is 0.497 e. The molecule has 0 aromatic heterocycles. The van der Waals surface area contributed by atoms with E-state index in [2.05, 4.69) is 5.32 Å². The molecular weight excluding hydrogens is 456 g/mol. The van der Waals surface area contributed by atoms with Gasteiger partial charge in [-0.25, -0.2) is 0 Å². The lowest BCUT2D eigenvalue weighted by Gasteiger charge is -2.30. The number of nitrogens with zero attached hydrogens (tertiary/aromatic N) is 1. The van der Waals surface area contributed by atoms with Crippen LogP contribution in [0.5, 0.6) is 17.2 Å². The molecule has 36 heavy (non-hydrogen) atoms. The molecule has 1 fully saturated rings. The lowest BCUT2D eigenvalue weighted by molar-refractivity contribution is -0.140. The zero-order valence-electron chi connectivity index (χ0n) is 22.0. The van der Waals surface area contributed by atoms with Gasteiger partial charge in [0.05, 0.1) is 20.3 Å². The van der Waals surface area contributed by atoms with Crippen molar-refractivity contribution in [3.05, 3.63) is 53.6 Å². The summed E-state index contributed by atoms with van der Waals surface area (Å²) in [4.78, 5) is 28.3. The van der Waals surface area contributed by atoms with Gasteiger partial charge in [-0.3, -0.25) is 9.59 Å². The quantitative estimate of drug-likeness (QED) is 0.427. The van der Waals surface area contributed by atoms with Crippen LogP contribution in [0.2, 0.25) is 0 Å². The number of rotatable bonds is 13. The maximum absolute atomic E-state index is 13.5. The Balaban J connectivity index is 1.74. The molecule has 1 atom stereocenters. The summed E-state index contributed by atoms with van der Waals surface area (Å²) in [6, 6.07) is 13.0. The van der Waals surface area contributed by atoms with Crippen LogP contribution < -0.4 is 19.5 Å². The standard InChI is InChI=1S/C29H40N2O5/c1-5-35-26-16-14-22(19-27(26)36-6-2)15-17-28(32)31(20-23-10-9-13-25(18-23)34-4)21(3)29(33)30-24-11-7-8-12-24/h9-10,13-14,16,18-19,21,24H,5-8,11-12,15,17,20H2,1-4H3,(H,30,33)/t21-/m0/s1. The van der Waals surface area contributed by atoms with Crippen LogP contribution in [-0.2, 0) is 22.6 Å². The molecule has 0 unspecified atom stereocenters. The van der Waals surface area contributed by atoms with Crippen LogP contribution >= 0.6 is 0 Å². The van der Waals surface area contributed by atoms with E-state index < -0.39 is 6.04 Å². The summed E-state index contributed by atoms with van der Waals surface area (Å²) in [5.41, 5.74) is 1.91. The van der Waals surface area contributed by atoms with Crippen molar-refractivity contribution in [1.29, 1.82) is 0 Å².